The van der Waals surface area contributed by atoms with Crippen LogP contribution >= 0.6 is 34.8 Å². The van der Waals surface area contributed by atoms with Gasteiger partial charge in [0, 0.05) is 12.7 Å². The van der Waals surface area contributed by atoms with E-state index >= 15 is 0 Å². The number of H-pyrrole nitrogens is 1. The molecule has 2 aromatic carbocycles. The third-order valence-electron chi connectivity index (χ3n) is 6.74. The Labute approximate surface area is 293 Å². The van der Waals surface area contributed by atoms with Gasteiger partial charge in [-0.2, -0.15) is 0 Å². The molecule has 0 fully saturated rings. The SMILES string of the molecule is C=CCNc1nc(-c2ccc(Cl)c(OC)c2F)nc(C(=O)OC)c1Cl.COC(=O)c1nc(-c2ccc(Cl)c(OC)c2F)nc2[nH]cc(C)c12. The number of carbonyl (C=O) groups is 2. The summed E-state index contributed by atoms with van der Waals surface area (Å²) in [6.07, 6.45) is 3.26. The average molecular weight is 736 g/mol. The summed E-state index contributed by atoms with van der Waals surface area (Å²) in [5.74, 6) is -3.06. The molecule has 0 spiro atoms. The molecule has 5 aromatic rings. The summed E-state index contributed by atoms with van der Waals surface area (Å²) in [6.45, 7) is 5.70. The zero-order valence-electron chi connectivity index (χ0n) is 26.5. The van der Waals surface area contributed by atoms with Gasteiger partial charge in [-0.15, -0.1) is 6.58 Å². The second kappa shape index (κ2) is 15.9. The Balaban J connectivity index is 0.000000221. The molecule has 0 aliphatic rings. The molecule has 17 heteroatoms. The van der Waals surface area contributed by atoms with Crippen molar-refractivity contribution in [2.75, 3.05) is 40.3 Å². The van der Waals surface area contributed by atoms with Crippen molar-refractivity contribution >= 4 is 63.6 Å². The number of hydrogen-bond acceptors (Lipinski definition) is 11. The largest absolute Gasteiger partial charge is 0.492 e. The van der Waals surface area contributed by atoms with Gasteiger partial charge in [0.1, 0.15) is 16.5 Å². The van der Waals surface area contributed by atoms with Crippen molar-refractivity contribution in [1.82, 2.24) is 24.9 Å². The van der Waals surface area contributed by atoms with Crippen LogP contribution in [0.4, 0.5) is 14.6 Å². The molecule has 49 heavy (non-hydrogen) atoms. The molecule has 3 aromatic heterocycles. The van der Waals surface area contributed by atoms with Gasteiger partial charge in [0.25, 0.3) is 0 Å². The number of anilines is 1. The summed E-state index contributed by atoms with van der Waals surface area (Å²) in [5, 5.41) is 3.58. The summed E-state index contributed by atoms with van der Waals surface area (Å²) in [4.78, 5) is 43.6. The summed E-state index contributed by atoms with van der Waals surface area (Å²) < 4.78 is 48.6. The fraction of sp³-hybridized carbons (Fsp3) is 0.188. The molecule has 0 amide bonds. The number of carbonyl (C=O) groups excluding carboxylic acids is 2. The number of nitrogens with zero attached hydrogens (tertiary/aromatic N) is 4. The van der Waals surface area contributed by atoms with Gasteiger partial charge in [-0.3, -0.25) is 0 Å². The molecule has 0 bridgehead atoms. The molecular formula is C32H27Cl3F2N6O6. The molecule has 2 N–H and O–H groups in total. The van der Waals surface area contributed by atoms with Gasteiger partial charge in [0.05, 0.1) is 55.0 Å². The number of ether oxygens (including phenoxy) is 4. The Morgan fingerprint density at radius 1 is 0.837 bits per heavy atom. The van der Waals surface area contributed by atoms with E-state index in [-0.39, 0.29) is 66.5 Å². The first-order valence-corrected chi connectivity index (χ1v) is 15.0. The van der Waals surface area contributed by atoms with E-state index in [0.29, 0.717) is 17.6 Å². The molecule has 0 atom stereocenters. The van der Waals surface area contributed by atoms with Crippen molar-refractivity contribution in [2.24, 2.45) is 0 Å². The number of aromatic nitrogens is 5. The number of benzene rings is 2. The maximum Gasteiger partial charge on any atom is 0.358 e. The maximum atomic E-state index is 14.6. The van der Waals surface area contributed by atoms with Gasteiger partial charge in [-0.25, -0.2) is 38.3 Å². The summed E-state index contributed by atoms with van der Waals surface area (Å²) >= 11 is 17.9. The van der Waals surface area contributed by atoms with Crippen LogP contribution in [0.5, 0.6) is 11.5 Å². The third kappa shape index (κ3) is 7.51. The fourth-order valence-corrected chi connectivity index (χ4v) is 5.10. The summed E-state index contributed by atoms with van der Waals surface area (Å²) in [7, 11) is 5.03. The Kier molecular flexibility index (Phi) is 11.9. The topological polar surface area (TPSA) is 150 Å². The zero-order chi connectivity index (χ0) is 36.0. The number of esters is 2. The monoisotopic (exact) mass is 734 g/mol. The van der Waals surface area contributed by atoms with Crippen molar-refractivity contribution < 1.29 is 37.3 Å². The van der Waals surface area contributed by atoms with Crippen molar-refractivity contribution in [1.29, 1.82) is 0 Å². The van der Waals surface area contributed by atoms with Crippen LogP contribution in [-0.4, -0.2) is 71.8 Å². The van der Waals surface area contributed by atoms with Gasteiger partial charge in [-0.1, -0.05) is 40.9 Å². The number of aryl methyl sites for hydroxylation is 1. The van der Waals surface area contributed by atoms with Gasteiger partial charge in [-0.05, 0) is 36.8 Å². The standard InChI is InChI=1S/C16H14Cl2FN3O3.C16H13ClFN3O3/c1-4-7-20-15-10(18)12(16(23)25-3)21-14(22-15)8-5-6-9(17)13(24-2)11(8)19;1-7-6-19-15-10(7)12(16(22)24-3)20-14(21-15)8-4-5-9(17)13(23-2)11(8)18/h4-6H,1,7H2,2-3H3,(H,20,21,22);4-6H,1-3H3,(H,19,20,21). The number of hydrogen-bond donors (Lipinski definition) is 2. The fourth-order valence-electron chi connectivity index (χ4n) is 4.42. The quantitative estimate of drug-likeness (QED) is 0.114. The smallest absolute Gasteiger partial charge is 0.358 e. The van der Waals surface area contributed by atoms with Crippen LogP contribution in [0, 0.1) is 18.6 Å². The van der Waals surface area contributed by atoms with Crippen LogP contribution in [0.15, 0.2) is 43.1 Å². The molecule has 12 nitrogen and oxygen atoms in total. The molecule has 0 aliphatic carbocycles. The Morgan fingerprint density at radius 3 is 1.86 bits per heavy atom. The predicted molar refractivity (Wildman–Crippen MR) is 181 cm³/mol. The van der Waals surface area contributed by atoms with Crippen LogP contribution in [0.3, 0.4) is 0 Å². The molecule has 0 saturated carbocycles. The highest BCUT2D eigenvalue weighted by molar-refractivity contribution is 6.35. The first-order valence-electron chi connectivity index (χ1n) is 13.9. The number of aromatic amines is 1. The molecule has 0 radical (unpaired) electrons. The van der Waals surface area contributed by atoms with Crippen molar-refractivity contribution in [2.45, 2.75) is 6.92 Å². The maximum absolute atomic E-state index is 14.6. The lowest BCUT2D eigenvalue weighted by atomic mass is 10.1. The molecule has 3 heterocycles. The number of halogens is 5. The lowest BCUT2D eigenvalue weighted by Gasteiger charge is -2.13. The Bertz CT molecular complexity index is 2080. The van der Waals surface area contributed by atoms with Crippen LogP contribution in [0.1, 0.15) is 26.5 Å². The second-order valence-corrected chi connectivity index (χ2v) is 10.9. The van der Waals surface area contributed by atoms with Gasteiger partial charge in [0.2, 0.25) is 0 Å². The zero-order valence-corrected chi connectivity index (χ0v) is 28.8. The highest BCUT2D eigenvalue weighted by Gasteiger charge is 2.24. The van der Waals surface area contributed by atoms with Crippen LogP contribution < -0.4 is 14.8 Å². The van der Waals surface area contributed by atoms with E-state index in [4.69, 9.17) is 49.0 Å². The molecule has 0 unspecified atom stereocenters. The molecular weight excluding hydrogens is 709 g/mol. The normalized spacial score (nSPS) is 10.6. The predicted octanol–water partition coefficient (Wildman–Crippen LogP) is 7.50. The lowest BCUT2D eigenvalue weighted by Crippen LogP contribution is -2.12. The van der Waals surface area contributed by atoms with Gasteiger partial charge in [0.15, 0.2) is 46.2 Å². The van der Waals surface area contributed by atoms with E-state index < -0.39 is 23.6 Å². The lowest BCUT2D eigenvalue weighted by molar-refractivity contribution is 0.0586. The minimum atomic E-state index is -0.781. The highest BCUT2D eigenvalue weighted by atomic mass is 35.5. The van der Waals surface area contributed by atoms with Crippen LogP contribution in [-0.2, 0) is 9.47 Å². The van der Waals surface area contributed by atoms with Crippen molar-refractivity contribution in [3.8, 4) is 34.3 Å². The van der Waals surface area contributed by atoms with E-state index in [1.807, 2.05) is 0 Å². The van der Waals surface area contributed by atoms with E-state index in [0.717, 1.165) is 5.56 Å². The van der Waals surface area contributed by atoms with E-state index in [1.165, 1.54) is 52.7 Å². The molecule has 5 rings (SSSR count). The first kappa shape index (κ1) is 36.8. The number of nitrogens with one attached hydrogen (secondary N) is 2. The van der Waals surface area contributed by atoms with Crippen LogP contribution in [0.25, 0.3) is 33.8 Å². The third-order valence-corrected chi connectivity index (χ3v) is 7.69. The minimum absolute atomic E-state index is 0.00952. The van der Waals surface area contributed by atoms with Gasteiger partial charge < -0.3 is 29.2 Å². The average Bonchev–Trinajstić information content (AvgIpc) is 3.47. The molecule has 0 aliphatic heterocycles. The molecule has 0 saturated heterocycles. The summed E-state index contributed by atoms with van der Waals surface area (Å²) in [5.41, 5.74) is 1.11. The minimum Gasteiger partial charge on any atom is -0.492 e. The van der Waals surface area contributed by atoms with Crippen molar-refractivity contribution in [3.05, 3.63) is 86.8 Å². The Morgan fingerprint density at radius 2 is 1.35 bits per heavy atom. The molecule has 256 valence electrons. The van der Waals surface area contributed by atoms with Gasteiger partial charge >= 0.3 is 11.9 Å². The second-order valence-electron chi connectivity index (χ2n) is 9.69. The van der Waals surface area contributed by atoms with E-state index in [9.17, 15) is 18.4 Å². The first-order chi connectivity index (χ1) is 23.4. The number of fused-ring (bicyclic) bond motifs is 1. The van der Waals surface area contributed by atoms with Crippen LogP contribution in [0.2, 0.25) is 15.1 Å². The van der Waals surface area contributed by atoms with E-state index in [1.54, 1.807) is 19.2 Å². The van der Waals surface area contributed by atoms with Crippen molar-refractivity contribution in [3.63, 3.8) is 0 Å². The Hall–Kier alpha value is -5.05. The number of rotatable bonds is 9. The number of methoxy groups -OCH3 is 4. The van der Waals surface area contributed by atoms with E-state index in [2.05, 4.69) is 41.6 Å². The highest BCUT2D eigenvalue weighted by Crippen LogP contribution is 2.36. The summed E-state index contributed by atoms with van der Waals surface area (Å²) in [6, 6.07) is 5.72.